The van der Waals surface area contributed by atoms with E-state index in [2.05, 4.69) is 10.3 Å². The summed E-state index contributed by atoms with van der Waals surface area (Å²) in [7, 11) is 0. The maximum Gasteiger partial charge on any atom is 0.295 e. The summed E-state index contributed by atoms with van der Waals surface area (Å²) in [5, 5.41) is 15.3. The van der Waals surface area contributed by atoms with Crippen molar-refractivity contribution >= 4 is 22.3 Å². The number of rotatable bonds is 3. The summed E-state index contributed by atoms with van der Waals surface area (Å²) in [6.07, 6.45) is 6.42. The van der Waals surface area contributed by atoms with Crippen molar-refractivity contribution in [2.24, 2.45) is 0 Å². The summed E-state index contributed by atoms with van der Waals surface area (Å²) < 4.78 is 0. The maximum atomic E-state index is 11.0. The van der Waals surface area contributed by atoms with Crippen LogP contribution in [0.4, 0.5) is 11.4 Å². The van der Waals surface area contributed by atoms with Gasteiger partial charge in [-0.25, -0.2) is 4.98 Å². The molecular weight excluding hydrogens is 242 g/mol. The molecule has 1 fully saturated rings. The number of nitrogens with one attached hydrogen (secondary N) is 1. The van der Waals surface area contributed by atoms with Crippen molar-refractivity contribution in [2.75, 3.05) is 5.32 Å². The number of non-ortho nitro benzene ring substituents is 1. The Labute approximate surface area is 110 Å². The van der Waals surface area contributed by atoms with Gasteiger partial charge in [-0.05, 0) is 31.0 Å². The van der Waals surface area contributed by atoms with Gasteiger partial charge in [0.05, 0.1) is 4.92 Å². The van der Waals surface area contributed by atoms with Crippen LogP contribution in [-0.2, 0) is 0 Å². The van der Waals surface area contributed by atoms with Gasteiger partial charge in [0.15, 0.2) is 0 Å². The fraction of sp³-hybridized carbons (Fsp3) is 0.357. The van der Waals surface area contributed by atoms with E-state index in [1.165, 1.54) is 31.7 Å². The third-order valence-corrected chi connectivity index (χ3v) is 3.66. The lowest BCUT2D eigenvalue weighted by Gasteiger charge is -2.15. The van der Waals surface area contributed by atoms with Gasteiger partial charge in [0.1, 0.15) is 5.52 Å². The van der Waals surface area contributed by atoms with Crippen LogP contribution in [0, 0.1) is 10.1 Å². The molecule has 0 amide bonds. The summed E-state index contributed by atoms with van der Waals surface area (Å²) in [6.45, 7) is 0. The molecule has 5 heteroatoms. The lowest BCUT2D eigenvalue weighted by Crippen LogP contribution is -2.14. The quantitative estimate of drug-likeness (QED) is 0.675. The lowest BCUT2D eigenvalue weighted by molar-refractivity contribution is -0.383. The van der Waals surface area contributed by atoms with Crippen LogP contribution < -0.4 is 5.32 Å². The Kier molecular flexibility index (Phi) is 3.03. The highest BCUT2D eigenvalue weighted by atomic mass is 16.6. The molecule has 0 unspecified atom stereocenters. The zero-order valence-electron chi connectivity index (χ0n) is 10.5. The third kappa shape index (κ3) is 2.23. The molecule has 1 aromatic carbocycles. The average Bonchev–Trinajstić information content (AvgIpc) is 2.91. The fourth-order valence-electron chi connectivity index (χ4n) is 2.72. The number of nitrogens with zero attached hydrogens (tertiary/aromatic N) is 2. The van der Waals surface area contributed by atoms with Crippen molar-refractivity contribution in [3.8, 4) is 0 Å². The minimum Gasteiger partial charge on any atom is -0.382 e. The number of fused-ring (bicyclic) bond motifs is 1. The number of nitro groups is 1. The summed E-state index contributed by atoms with van der Waals surface area (Å²) >= 11 is 0. The lowest BCUT2D eigenvalue weighted by atomic mass is 10.1. The van der Waals surface area contributed by atoms with Crippen LogP contribution in [0.5, 0.6) is 0 Å². The van der Waals surface area contributed by atoms with E-state index in [-0.39, 0.29) is 10.6 Å². The van der Waals surface area contributed by atoms with Crippen molar-refractivity contribution in [1.82, 2.24) is 4.98 Å². The first-order valence-corrected chi connectivity index (χ1v) is 6.54. The predicted molar refractivity (Wildman–Crippen MR) is 74.3 cm³/mol. The molecule has 19 heavy (non-hydrogen) atoms. The van der Waals surface area contributed by atoms with Crippen LogP contribution in [0.3, 0.4) is 0 Å². The van der Waals surface area contributed by atoms with E-state index in [1.807, 2.05) is 12.1 Å². The topological polar surface area (TPSA) is 68.1 Å². The molecule has 98 valence electrons. The Morgan fingerprint density at radius 1 is 1.26 bits per heavy atom. The van der Waals surface area contributed by atoms with E-state index in [4.69, 9.17) is 0 Å². The molecule has 1 aliphatic carbocycles. The smallest absolute Gasteiger partial charge is 0.295 e. The Morgan fingerprint density at radius 2 is 2.05 bits per heavy atom. The van der Waals surface area contributed by atoms with E-state index in [9.17, 15) is 10.1 Å². The van der Waals surface area contributed by atoms with Crippen molar-refractivity contribution in [1.29, 1.82) is 0 Å². The summed E-state index contributed by atoms with van der Waals surface area (Å²) in [4.78, 5) is 14.8. The van der Waals surface area contributed by atoms with E-state index in [0.717, 1.165) is 11.1 Å². The maximum absolute atomic E-state index is 11.0. The van der Waals surface area contributed by atoms with Crippen LogP contribution in [0.1, 0.15) is 25.7 Å². The fourth-order valence-corrected chi connectivity index (χ4v) is 2.72. The standard InChI is InChI=1S/C14H15N3O2/c18-17(19)13-8-7-12(16-10-4-1-2-5-10)11-6-3-9-15-14(11)13/h3,6-10,16H,1-2,4-5H2. The zero-order chi connectivity index (χ0) is 13.2. The van der Waals surface area contributed by atoms with Gasteiger partial charge in [-0.2, -0.15) is 0 Å². The van der Waals surface area contributed by atoms with Crippen molar-refractivity contribution in [3.63, 3.8) is 0 Å². The number of pyridine rings is 1. The summed E-state index contributed by atoms with van der Waals surface area (Å²) in [5.74, 6) is 0. The van der Waals surface area contributed by atoms with E-state index < -0.39 is 0 Å². The van der Waals surface area contributed by atoms with Gasteiger partial charge in [0.2, 0.25) is 0 Å². The second-order valence-corrected chi connectivity index (χ2v) is 4.91. The molecule has 2 aromatic rings. The molecule has 0 saturated heterocycles. The average molecular weight is 257 g/mol. The number of hydrogen-bond donors (Lipinski definition) is 1. The van der Waals surface area contributed by atoms with Crippen LogP contribution in [0.25, 0.3) is 10.9 Å². The largest absolute Gasteiger partial charge is 0.382 e. The number of hydrogen-bond acceptors (Lipinski definition) is 4. The minimum atomic E-state index is -0.380. The highest BCUT2D eigenvalue weighted by Crippen LogP contribution is 2.31. The molecule has 1 aromatic heterocycles. The zero-order valence-corrected chi connectivity index (χ0v) is 10.5. The molecule has 0 radical (unpaired) electrons. The van der Waals surface area contributed by atoms with E-state index in [0.29, 0.717) is 11.6 Å². The summed E-state index contributed by atoms with van der Waals surface area (Å²) in [6, 6.07) is 7.50. The van der Waals surface area contributed by atoms with Crippen LogP contribution in [-0.4, -0.2) is 15.9 Å². The molecule has 1 saturated carbocycles. The van der Waals surface area contributed by atoms with E-state index in [1.54, 1.807) is 12.3 Å². The van der Waals surface area contributed by atoms with Crippen LogP contribution in [0.15, 0.2) is 30.5 Å². The number of nitro benzene ring substituents is 1. The number of anilines is 1. The monoisotopic (exact) mass is 257 g/mol. The first-order valence-electron chi connectivity index (χ1n) is 6.54. The van der Waals surface area contributed by atoms with Crippen molar-refractivity contribution in [2.45, 2.75) is 31.7 Å². The molecule has 1 aliphatic rings. The molecule has 1 heterocycles. The first-order chi connectivity index (χ1) is 9.25. The van der Waals surface area contributed by atoms with Gasteiger partial charge < -0.3 is 5.32 Å². The number of aromatic nitrogens is 1. The van der Waals surface area contributed by atoms with Gasteiger partial charge in [0.25, 0.3) is 5.69 Å². The van der Waals surface area contributed by atoms with Crippen molar-refractivity contribution < 1.29 is 4.92 Å². The Hall–Kier alpha value is -2.17. The predicted octanol–water partition coefficient (Wildman–Crippen LogP) is 3.50. The molecule has 0 spiro atoms. The molecule has 0 atom stereocenters. The second-order valence-electron chi connectivity index (χ2n) is 4.91. The number of benzene rings is 1. The van der Waals surface area contributed by atoms with E-state index >= 15 is 0 Å². The highest BCUT2D eigenvalue weighted by Gasteiger charge is 2.19. The minimum absolute atomic E-state index is 0.0626. The third-order valence-electron chi connectivity index (χ3n) is 3.66. The molecule has 3 rings (SSSR count). The van der Waals surface area contributed by atoms with Gasteiger partial charge in [-0.15, -0.1) is 0 Å². The molecule has 0 aliphatic heterocycles. The Balaban J connectivity index is 2.05. The van der Waals surface area contributed by atoms with Gasteiger partial charge in [-0.3, -0.25) is 10.1 Å². The van der Waals surface area contributed by atoms with Crippen molar-refractivity contribution in [3.05, 3.63) is 40.6 Å². The highest BCUT2D eigenvalue weighted by molar-refractivity contribution is 5.96. The van der Waals surface area contributed by atoms with Crippen LogP contribution in [0.2, 0.25) is 0 Å². The molecule has 0 bridgehead atoms. The SMILES string of the molecule is O=[N+]([O-])c1ccc(NC2CCCC2)c2cccnc12. The molecule has 1 N–H and O–H groups in total. The van der Waals surface area contributed by atoms with Gasteiger partial charge >= 0.3 is 0 Å². The Bertz CT molecular complexity index is 621. The van der Waals surface area contributed by atoms with Gasteiger partial charge in [0, 0.05) is 29.4 Å². The normalized spacial score (nSPS) is 15.8. The summed E-state index contributed by atoms with van der Waals surface area (Å²) in [5.41, 5.74) is 1.46. The Morgan fingerprint density at radius 3 is 2.79 bits per heavy atom. The second kappa shape index (κ2) is 4.84. The molecule has 5 nitrogen and oxygen atoms in total. The van der Waals surface area contributed by atoms with Crippen LogP contribution >= 0.6 is 0 Å². The first kappa shape index (κ1) is 11.9. The van der Waals surface area contributed by atoms with Gasteiger partial charge in [-0.1, -0.05) is 12.8 Å². The molecular formula is C14H15N3O2.